The van der Waals surface area contributed by atoms with E-state index in [1.165, 1.54) is 19.3 Å². The van der Waals surface area contributed by atoms with Crippen LogP contribution in [0, 0.1) is 5.92 Å². The van der Waals surface area contributed by atoms with Gasteiger partial charge in [-0.1, -0.05) is 12.1 Å². The molecule has 1 aromatic rings. The predicted octanol–water partition coefficient (Wildman–Crippen LogP) is 3.52. The molecule has 2 rings (SSSR count). The fourth-order valence-corrected chi connectivity index (χ4v) is 3.33. The minimum Gasteiger partial charge on any atom is -0.324 e. The smallest absolute Gasteiger partial charge is 0.241 e. The van der Waals surface area contributed by atoms with Crippen molar-refractivity contribution >= 4 is 39.9 Å². The quantitative estimate of drug-likeness (QED) is 0.762. The Bertz CT molecular complexity index is 492. The molecule has 130 valence electrons. The molecule has 0 aromatic heterocycles. The Morgan fingerprint density at radius 2 is 2.00 bits per heavy atom. The van der Waals surface area contributed by atoms with Crippen molar-refractivity contribution in [1.82, 2.24) is 10.2 Å². The lowest BCUT2D eigenvalue weighted by Crippen LogP contribution is -2.46. The van der Waals surface area contributed by atoms with E-state index in [-0.39, 0.29) is 24.4 Å². The number of anilines is 1. The summed E-state index contributed by atoms with van der Waals surface area (Å²) in [6, 6.07) is 7.64. The summed E-state index contributed by atoms with van der Waals surface area (Å²) in [5.41, 5.74) is 0.836. The van der Waals surface area contributed by atoms with Gasteiger partial charge in [-0.3, -0.25) is 9.69 Å². The number of piperidine rings is 1. The lowest BCUT2D eigenvalue weighted by atomic mass is 9.93. The molecule has 1 unspecified atom stereocenters. The molecule has 0 radical (unpaired) electrons. The average molecular weight is 405 g/mol. The van der Waals surface area contributed by atoms with E-state index < -0.39 is 0 Å². The van der Waals surface area contributed by atoms with E-state index in [0.717, 1.165) is 35.7 Å². The highest BCUT2D eigenvalue weighted by Crippen LogP contribution is 2.24. The first-order valence-electron chi connectivity index (χ1n) is 8.06. The lowest BCUT2D eigenvalue weighted by molar-refractivity contribution is -0.121. The second-order valence-corrected chi connectivity index (χ2v) is 6.87. The van der Waals surface area contributed by atoms with Crippen LogP contribution in [0.25, 0.3) is 0 Å². The van der Waals surface area contributed by atoms with E-state index in [0.29, 0.717) is 0 Å². The van der Waals surface area contributed by atoms with Gasteiger partial charge >= 0.3 is 0 Å². The largest absolute Gasteiger partial charge is 0.324 e. The Kier molecular flexibility index (Phi) is 9.14. The van der Waals surface area contributed by atoms with Gasteiger partial charge in [0.2, 0.25) is 5.91 Å². The average Bonchev–Trinajstić information content (AvgIpc) is 2.55. The highest BCUT2D eigenvalue weighted by Gasteiger charge is 2.26. The number of halogens is 2. The van der Waals surface area contributed by atoms with E-state index in [4.69, 9.17) is 0 Å². The summed E-state index contributed by atoms with van der Waals surface area (Å²) in [6.45, 7) is 5.11. The summed E-state index contributed by atoms with van der Waals surface area (Å²) in [7, 11) is 2.00. The van der Waals surface area contributed by atoms with Crippen molar-refractivity contribution in [3.63, 3.8) is 0 Å². The van der Waals surface area contributed by atoms with E-state index in [9.17, 15) is 4.79 Å². The van der Waals surface area contributed by atoms with Crippen LogP contribution in [0.2, 0.25) is 0 Å². The van der Waals surface area contributed by atoms with Crippen LogP contribution in [0.5, 0.6) is 0 Å². The highest BCUT2D eigenvalue weighted by atomic mass is 79.9. The zero-order valence-corrected chi connectivity index (χ0v) is 16.3. The van der Waals surface area contributed by atoms with Crippen molar-refractivity contribution in [3.8, 4) is 0 Å². The molecule has 1 fully saturated rings. The Morgan fingerprint density at radius 3 is 2.61 bits per heavy atom. The van der Waals surface area contributed by atoms with Crippen LogP contribution >= 0.6 is 28.3 Å². The molecular weight excluding hydrogens is 378 g/mol. The van der Waals surface area contributed by atoms with Crippen molar-refractivity contribution in [2.75, 3.05) is 32.0 Å². The van der Waals surface area contributed by atoms with Crippen molar-refractivity contribution in [1.29, 1.82) is 0 Å². The minimum absolute atomic E-state index is 0. The van der Waals surface area contributed by atoms with Gasteiger partial charge in [0, 0.05) is 4.47 Å². The van der Waals surface area contributed by atoms with Gasteiger partial charge in [0.05, 0.1) is 11.7 Å². The molecule has 1 aliphatic heterocycles. The van der Waals surface area contributed by atoms with Crippen molar-refractivity contribution < 1.29 is 4.79 Å². The molecule has 1 heterocycles. The maximum atomic E-state index is 12.4. The third-order valence-corrected chi connectivity index (χ3v) is 5.20. The Labute approximate surface area is 153 Å². The van der Waals surface area contributed by atoms with Gasteiger partial charge in [0.15, 0.2) is 0 Å². The topological polar surface area (TPSA) is 44.4 Å². The molecule has 23 heavy (non-hydrogen) atoms. The highest BCUT2D eigenvalue weighted by molar-refractivity contribution is 9.10. The number of nitrogens with one attached hydrogen (secondary N) is 2. The predicted molar refractivity (Wildman–Crippen MR) is 102 cm³/mol. The summed E-state index contributed by atoms with van der Waals surface area (Å²) in [5.74, 6) is 0.864. The Morgan fingerprint density at radius 1 is 1.35 bits per heavy atom. The van der Waals surface area contributed by atoms with Crippen LogP contribution in [0.15, 0.2) is 28.7 Å². The SMILES string of the molecule is CNCCC1CCN(C(C)C(=O)Nc2ccccc2Br)CC1.Cl. The monoisotopic (exact) mass is 403 g/mol. The second-order valence-electron chi connectivity index (χ2n) is 6.02. The number of hydrogen-bond acceptors (Lipinski definition) is 3. The van der Waals surface area contributed by atoms with Crippen molar-refractivity contribution in [2.24, 2.45) is 5.92 Å². The number of benzene rings is 1. The zero-order valence-electron chi connectivity index (χ0n) is 13.8. The van der Waals surface area contributed by atoms with Gasteiger partial charge in [-0.2, -0.15) is 0 Å². The fraction of sp³-hybridized carbons (Fsp3) is 0.588. The van der Waals surface area contributed by atoms with Crippen LogP contribution in [-0.2, 0) is 4.79 Å². The minimum atomic E-state index is -0.0858. The Balaban J connectivity index is 0.00000264. The molecule has 1 aliphatic rings. The zero-order chi connectivity index (χ0) is 15.9. The standard InChI is InChI=1S/C17H26BrN3O.ClH/c1-13(17(22)20-16-6-4-3-5-15(16)18)21-11-8-14(9-12-21)7-10-19-2;/h3-6,13-14,19H,7-12H2,1-2H3,(H,20,22);1H. The van der Waals surface area contributed by atoms with Gasteiger partial charge in [-0.05, 0) is 86.8 Å². The molecule has 1 saturated heterocycles. The lowest BCUT2D eigenvalue weighted by Gasteiger charge is -2.35. The summed E-state index contributed by atoms with van der Waals surface area (Å²) in [4.78, 5) is 14.7. The van der Waals surface area contributed by atoms with Gasteiger partial charge in [-0.15, -0.1) is 12.4 Å². The van der Waals surface area contributed by atoms with Crippen LogP contribution in [0.4, 0.5) is 5.69 Å². The van der Waals surface area contributed by atoms with Crippen LogP contribution in [0.3, 0.4) is 0 Å². The number of para-hydroxylation sites is 1. The Hall–Kier alpha value is -0.620. The molecule has 1 aromatic carbocycles. The molecule has 6 heteroatoms. The maximum Gasteiger partial charge on any atom is 0.241 e. The normalized spacial score (nSPS) is 17.3. The molecule has 1 atom stereocenters. The molecule has 2 N–H and O–H groups in total. The molecular formula is C17H27BrClN3O. The first-order valence-corrected chi connectivity index (χ1v) is 8.85. The van der Waals surface area contributed by atoms with Gasteiger partial charge < -0.3 is 10.6 Å². The van der Waals surface area contributed by atoms with Gasteiger partial charge in [0.1, 0.15) is 0 Å². The fourth-order valence-electron chi connectivity index (χ4n) is 2.94. The van der Waals surface area contributed by atoms with E-state index in [1.54, 1.807) is 0 Å². The molecule has 0 saturated carbocycles. The van der Waals surface area contributed by atoms with Crippen LogP contribution in [-0.4, -0.2) is 43.5 Å². The summed E-state index contributed by atoms with van der Waals surface area (Å²) >= 11 is 3.47. The summed E-state index contributed by atoms with van der Waals surface area (Å²) in [5, 5.41) is 6.23. The van der Waals surface area contributed by atoms with E-state index >= 15 is 0 Å². The third kappa shape index (κ3) is 6.07. The summed E-state index contributed by atoms with van der Waals surface area (Å²) in [6.07, 6.45) is 3.62. The molecule has 0 aliphatic carbocycles. The first-order chi connectivity index (χ1) is 10.6. The van der Waals surface area contributed by atoms with Crippen LogP contribution in [0.1, 0.15) is 26.2 Å². The summed E-state index contributed by atoms with van der Waals surface area (Å²) < 4.78 is 0.918. The number of amides is 1. The molecule has 4 nitrogen and oxygen atoms in total. The number of carbonyl (C=O) groups is 1. The van der Waals surface area contributed by atoms with Crippen molar-refractivity contribution in [2.45, 2.75) is 32.2 Å². The number of hydrogen-bond donors (Lipinski definition) is 2. The maximum absolute atomic E-state index is 12.4. The van der Waals surface area contributed by atoms with Gasteiger partial charge in [0.25, 0.3) is 0 Å². The number of nitrogens with zero attached hydrogens (tertiary/aromatic N) is 1. The molecule has 0 bridgehead atoms. The van der Waals surface area contributed by atoms with E-state index in [2.05, 4.69) is 31.5 Å². The first kappa shape index (κ1) is 20.4. The number of carbonyl (C=O) groups excluding carboxylic acids is 1. The molecule has 1 amide bonds. The number of likely N-dealkylation sites (tertiary alicyclic amines) is 1. The van der Waals surface area contributed by atoms with E-state index in [1.807, 2.05) is 38.2 Å². The van der Waals surface area contributed by atoms with Gasteiger partial charge in [-0.25, -0.2) is 0 Å². The third-order valence-electron chi connectivity index (χ3n) is 4.51. The molecule has 0 spiro atoms. The van der Waals surface area contributed by atoms with Crippen LogP contribution < -0.4 is 10.6 Å². The van der Waals surface area contributed by atoms with Crippen molar-refractivity contribution in [3.05, 3.63) is 28.7 Å². The number of rotatable bonds is 6. The second kappa shape index (κ2) is 10.3.